The van der Waals surface area contributed by atoms with Crippen molar-refractivity contribution in [2.75, 3.05) is 17.2 Å². The Morgan fingerprint density at radius 3 is 2.67 bits per heavy atom. The van der Waals surface area contributed by atoms with Crippen LogP contribution in [0.25, 0.3) is 0 Å². The maximum absolute atomic E-state index is 12.1. The van der Waals surface area contributed by atoms with E-state index in [-0.39, 0.29) is 0 Å². The summed E-state index contributed by atoms with van der Waals surface area (Å²) in [6.45, 7) is 9.51. The molecule has 0 aliphatic carbocycles. The summed E-state index contributed by atoms with van der Waals surface area (Å²) in [6.07, 6.45) is 1.24. The third-order valence-corrected chi connectivity index (χ3v) is 2.11. The minimum Gasteiger partial charge on any atom is -0.443 e. The molecule has 98 valence electrons. The number of amides is 1. The zero-order valence-electron chi connectivity index (χ0n) is 11.1. The lowest BCUT2D eigenvalue weighted by Crippen LogP contribution is -2.37. The molecule has 0 radical (unpaired) electrons. The Morgan fingerprint density at radius 1 is 1.50 bits per heavy atom. The minimum absolute atomic E-state index is 0.373. The molecule has 0 fully saturated rings. The molecule has 0 saturated heterocycles. The van der Waals surface area contributed by atoms with Crippen molar-refractivity contribution < 1.29 is 9.53 Å². The van der Waals surface area contributed by atoms with Crippen LogP contribution in [-0.2, 0) is 4.74 Å². The van der Waals surface area contributed by atoms with Gasteiger partial charge < -0.3 is 10.5 Å². The monoisotopic (exact) mass is 248 g/mol. The van der Waals surface area contributed by atoms with Crippen LogP contribution in [0.2, 0.25) is 0 Å². The van der Waals surface area contributed by atoms with Gasteiger partial charge in [0.25, 0.3) is 0 Å². The molecule has 4 heteroatoms. The highest BCUT2D eigenvalue weighted by atomic mass is 16.6. The number of nitrogens with zero attached hydrogens (tertiary/aromatic N) is 1. The van der Waals surface area contributed by atoms with Crippen molar-refractivity contribution in [3.05, 3.63) is 36.9 Å². The molecule has 4 nitrogen and oxygen atoms in total. The number of rotatable bonds is 3. The smallest absolute Gasteiger partial charge is 0.415 e. The number of carbonyl (C=O) groups is 1. The Kier molecular flexibility index (Phi) is 4.37. The van der Waals surface area contributed by atoms with E-state index in [4.69, 9.17) is 10.5 Å². The first kappa shape index (κ1) is 14.1. The average molecular weight is 248 g/mol. The summed E-state index contributed by atoms with van der Waals surface area (Å²) < 4.78 is 5.35. The number of ether oxygens (including phenoxy) is 1. The van der Waals surface area contributed by atoms with Crippen LogP contribution < -0.4 is 10.6 Å². The molecule has 0 aliphatic rings. The van der Waals surface area contributed by atoms with Crippen molar-refractivity contribution in [3.63, 3.8) is 0 Å². The summed E-state index contributed by atoms with van der Waals surface area (Å²) in [4.78, 5) is 13.6. The quantitative estimate of drug-likeness (QED) is 0.660. The van der Waals surface area contributed by atoms with Gasteiger partial charge in [0.2, 0.25) is 0 Å². The highest BCUT2D eigenvalue weighted by Gasteiger charge is 2.22. The molecule has 0 heterocycles. The summed E-state index contributed by atoms with van der Waals surface area (Å²) in [5.74, 6) is 0. The first-order chi connectivity index (χ1) is 8.33. The van der Waals surface area contributed by atoms with E-state index in [0.717, 1.165) is 0 Å². The third kappa shape index (κ3) is 4.13. The van der Waals surface area contributed by atoms with E-state index >= 15 is 0 Å². The lowest BCUT2D eigenvalue weighted by atomic mass is 10.2. The van der Waals surface area contributed by atoms with Crippen molar-refractivity contribution >= 4 is 17.5 Å². The number of benzene rings is 1. The van der Waals surface area contributed by atoms with Crippen molar-refractivity contribution in [2.45, 2.75) is 26.4 Å². The van der Waals surface area contributed by atoms with Gasteiger partial charge in [-0.05, 0) is 39.0 Å². The molecule has 0 unspecified atom stereocenters. The second kappa shape index (κ2) is 5.58. The van der Waals surface area contributed by atoms with Crippen molar-refractivity contribution in [1.29, 1.82) is 0 Å². The summed E-state index contributed by atoms with van der Waals surface area (Å²) in [7, 11) is 0. The normalized spacial score (nSPS) is 10.8. The van der Waals surface area contributed by atoms with Gasteiger partial charge >= 0.3 is 6.09 Å². The lowest BCUT2D eigenvalue weighted by Gasteiger charge is -2.26. The average Bonchev–Trinajstić information content (AvgIpc) is 2.23. The van der Waals surface area contributed by atoms with Crippen LogP contribution in [-0.4, -0.2) is 18.2 Å². The van der Waals surface area contributed by atoms with E-state index in [1.807, 2.05) is 26.8 Å². The summed E-state index contributed by atoms with van der Waals surface area (Å²) in [6, 6.07) is 7.10. The summed E-state index contributed by atoms with van der Waals surface area (Å²) in [5.41, 5.74) is 6.48. The standard InChI is InChI=1S/C14H20N2O2/c1-5-9-16(13(17)18-14(2,3)4)12-8-6-7-11(15)10-12/h5-8,10H,1,9,15H2,2-4H3. The number of hydrogen-bond acceptors (Lipinski definition) is 3. The predicted molar refractivity (Wildman–Crippen MR) is 74.6 cm³/mol. The lowest BCUT2D eigenvalue weighted by molar-refractivity contribution is 0.0584. The second-order valence-electron chi connectivity index (χ2n) is 4.97. The van der Waals surface area contributed by atoms with Crippen LogP contribution in [0.5, 0.6) is 0 Å². The zero-order chi connectivity index (χ0) is 13.8. The Hall–Kier alpha value is -1.97. The van der Waals surface area contributed by atoms with Gasteiger partial charge in [0.15, 0.2) is 0 Å². The predicted octanol–water partition coefficient (Wildman–Crippen LogP) is 3.20. The summed E-state index contributed by atoms with van der Waals surface area (Å²) >= 11 is 0. The minimum atomic E-state index is -0.531. The van der Waals surface area contributed by atoms with Crippen LogP contribution in [0.15, 0.2) is 36.9 Å². The third-order valence-electron chi connectivity index (χ3n) is 2.11. The molecule has 0 saturated carbocycles. The number of nitrogens with two attached hydrogens (primary N) is 1. The van der Waals surface area contributed by atoms with E-state index in [1.54, 1.807) is 24.3 Å². The highest BCUT2D eigenvalue weighted by Crippen LogP contribution is 2.20. The van der Waals surface area contributed by atoms with Crippen LogP contribution in [0.4, 0.5) is 16.2 Å². The second-order valence-corrected chi connectivity index (χ2v) is 4.97. The maximum atomic E-state index is 12.1. The van der Waals surface area contributed by atoms with Crippen LogP contribution >= 0.6 is 0 Å². The molecule has 1 aromatic rings. The molecule has 0 aliphatic heterocycles. The molecular weight excluding hydrogens is 228 g/mol. The van der Waals surface area contributed by atoms with Crippen LogP contribution in [0.1, 0.15) is 20.8 Å². The fourth-order valence-corrected chi connectivity index (χ4v) is 1.42. The fraction of sp³-hybridized carbons (Fsp3) is 0.357. The summed E-state index contributed by atoms with van der Waals surface area (Å²) in [5, 5.41) is 0. The molecule has 1 amide bonds. The molecular formula is C14H20N2O2. The molecule has 0 atom stereocenters. The van der Waals surface area contributed by atoms with Crippen molar-refractivity contribution in [2.24, 2.45) is 0 Å². The van der Waals surface area contributed by atoms with Gasteiger partial charge in [-0.2, -0.15) is 0 Å². The number of anilines is 2. The number of nitrogen functional groups attached to an aromatic ring is 1. The molecule has 0 aromatic heterocycles. The first-order valence-electron chi connectivity index (χ1n) is 5.80. The van der Waals surface area contributed by atoms with E-state index in [2.05, 4.69) is 6.58 Å². The molecule has 2 N–H and O–H groups in total. The van der Waals surface area contributed by atoms with Gasteiger partial charge in [0, 0.05) is 17.9 Å². The first-order valence-corrected chi connectivity index (χ1v) is 5.80. The van der Waals surface area contributed by atoms with Gasteiger partial charge in [-0.25, -0.2) is 4.79 Å². The van der Waals surface area contributed by atoms with Gasteiger partial charge in [-0.1, -0.05) is 12.1 Å². The van der Waals surface area contributed by atoms with Crippen LogP contribution in [0, 0.1) is 0 Å². The van der Waals surface area contributed by atoms with Gasteiger partial charge in [-0.15, -0.1) is 6.58 Å². The Labute approximate surface area is 108 Å². The molecule has 1 rings (SSSR count). The molecule has 0 spiro atoms. The molecule has 0 bridgehead atoms. The van der Waals surface area contributed by atoms with E-state index in [1.165, 1.54) is 4.90 Å². The topological polar surface area (TPSA) is 55.6 Å². The highest BCUT2D eigenvalue weighted by molar-refractivity contribution is 5.88. The van der Waals surface area contributed by atoms with E-state index in [0.29, 0.717) is 17.9 Å². The Balaban J connectivity index is 2.95. The van der Waals surface area contributed by atoms with Gasteiger partial charge in [0.1, 0.15) is 5.60 Å². The van der Waals surface area contributed by atoms with Crippen molar-refractivity contribution in [1.82, 2.24) is 0 Å². The zero-order valence-corrected chi connectivity index (χ0v) is 11.1. The largest absolute Gasteiger partial charge is 0.443 e. The molecule has 18 heavy (non-hydrogen) atoms. The van der Waals surface area contributed by atoms with E-state index < -0.39 is 11.7 Å². The number of carbonyl (C=O) groups excluding carboxylic acids is 1. The maximum Gasteiger partial charge on any atom is 0.415 e. The Bertz CT molecular complexity index is 436. The van der Waals surface area contributed by atoms with Gasteiger partial charge in [-0.3, -0.25) is 4.90 Å². The van der Waals surface area contributed by atoms with Gasteiger partial charge in [0.05, 0.1) is 0 Å². The SMILES string of the molecule is C=CCN(C(=O)OC(C)(C)C)c1cccc(N)c1. The Morgan fingerprint density at radius 2 is 2.17 bits per heavy atom. The fourth-order valence-electron chi connectivity index (χ4n) is 1.42. The molecule has 1 aromatic carbocycles. The van der Waals surface area contributed by atoms with Crippen LogP contribution in [0.3, 0.4) is 0 Å². The number of hydrogen-bond donors (Lipinski definition) is 1. The van der Waals surface area contributed by atoms with E-state index in [9.17, 15) is 4.79 Å². The van der Waals surface area contributed by atoms with Crippen molar-refractivity contribution in [3.8, 4) is 0 Å².